The van der Waals surface area contributed by atoms with Gasteiger partial charge in [0.25, 0.3) is 0 Å². The number of amides is 1. The summed E-state index contributed by atoms with van der Waals surface area (Å²) in [6.45, 7) is 2.60. The number of aliphatic carboxylic acids is 1. The molecule has 0 radical (unpaired) electrons. The van der Waals surface area contributed by atoms with E-state index in [1.165, 1.54) is 11.8 Å². The number of hydrogen-bond acceptors (Lipinski definition) is 4. The maximum absolute atomic E-state index is 11.5. The summed E-state index contributed by atoms with van der Waals surface area (Å²) >= 11 is 1.52. The Morgan fingerprint density at radius 1 is 1.29 bits per heavy atom. The van der Waals surface area contributed by atoms with Crippen molar-refractivity contribution in [1.82, 2.24) is 14.9 Å². The van der Waals surface area contributed by atoms with Crippen molar-refractivity contribution in [1.29, 1.82) is 0 Å². The second-order valence-electron chi connectivity index (χ2n) is 5.52. The van der Waals surface area contributed by atoms with E-state index in [2.05, 4.69) is 17.2 Å². The van der Waals surface area contributed by atoms with E-state index in [0.29, 0.717) is 18.1 Å². The number of carboxylic acid groups (broad SMARTS) is 1. The van der Waals surface area contributed by atoms with Gasteiger partial charge in [-0.15, -0.1) is 0 Å². The van der Waals surface area contributed by atoms with E-state index in [4.69, 9.17) is 5.11 Å². The zero-order chi connectivity index (χ0) is 17.4. The van der Waals surface area contributed by atoms with Crippen molar-refractivity contribution in [3.05, 3.63) is 24.3 Å². The highest BCUT2D eigenvalue weighted by Crippen LogP contribution is 2.24. The molecule has 6 nitrogen and oxygen atoms in total. The fourth-order valence-electron chi connectivity index (χ4n) is 2.34. The van der Waals surface area contributed by atoms with Gasteiger partial charge in [-0.3, -0.25) is 9.59 Å². The molecule has 0 spiro atoms. The molecule has 0 atom stereocenters. The van der Waals surface area contributed by atoms with E-state index in [0.717, 1.165) is 36.0 Å². The number of fused-ring (bicyclic) bond motifs is 1. The minimum Gasteiger partial charge on any atom is -0.480 e. The quantitative estimate of drug-likeness (QED) is 0.509. The second kappa shape index (κ2) is 9.32. The van der Waals surface area contributed by atoms with Crippen molar-refractivity contribution in [2.75, 3.05) is 12.3 Å². The second-order valence-corrected chi connectivity index (χ2v) is 6.58. The van der Waals surface area contributed by atoms with Gasteiger partial charge in [-0.2, -0.15) is 0 Å². The van der Waals surface area contributed by atoms with E-state index < -0.39 is 5.97 Å². The van der Waals surface area contributed by atoms with Gasteiger partial charge in [-0.05, 0) is 25.0 Å². The highest BCUT2D eigenvalue weighted by Gasteiger charge is 2.13. The summed E-state index contributed by atoms with van der Waals surface area (Å²) in [5, 5.41) is 12.7. The number of imidazole rings is 1. The van der Waals surface area contributed by atoms with Crippen LogP contribution in [0, 0.1) is 0 Å². The Morgan fingerprint density at radius 3 is 2.83 bits per heavy atom. The summed E-state index contributed by atoms with van der Waals surface area (Å²) in [5.74, 6) is -0.0139. The van der Waals surface area contributed by atoms with Crippen LogP contribution in [0.15, 0.2) is 29.4 Å². The zero-order valence-corrected chi connectivity index (χ0v) is 14.6. The van der Waals surface area contributed by atoms with Crippen LogP contribution in [0.2, 0.25) is 0 Å². The lowest BCUT2D eigenvalue weighted by Gasteiger charge is -2.07. The summed E-state index contributed by atoms with van der Waals surface area (Å²) in [5.41, 5.74) is 1.63. The van der Waals surface area contributed by atoms with Crippen molar-refractivity contribution in [3.63, 3.8) is 0 Å². The van der Waals surface area contributed by atoms with Crippen LogP contribution in [0.3, 0.4) is 0 Å². The van der Waals surface area contributed by atoms with E-state index in [9.17, 15) is 9.59 Å². The maximum Gasteiger partial charge on any atom is 0.323 e. The molecule has 0 fully saturated rings. The smallest absolute Gasteiger partial charge is 0.323 e. The predicted octanol–water partition coefficient (Wildman–Crippen LogP) is 2.91. The summed E-state index contributed by atoms with van der Waals surface area (Å²) in [6.07, 6.45) is 3.33. The van der Waals surface area contributed by atoms with Gasteiger partial charge in [0.2, 0.25) is 5.91 Å². The van der Waals surface area contributed by atoms with Gasteiger partial charge in [0.15, 0.2) is 5.16 Å². The maximum atomic E-state index is 11.5. The van der Waals surface area contributed by atoms with Crippen molar-refractivity contribution in [2.45, 2.75) is 44.3 Å². The van der Waals surface area contributed by atoms with Gasteiger partial charge in [-0.25, -0.2) is 4.98 Å². The van der Waals surface area contributed by atoms with E-state index in [1.807, 2.05) is 24.3 Å². The molecule has 1 aromatic carbocycles. The Kier molecular flexibility index (Phi) is 7.11. The average Bonchev–Trinajstić information content (AvgIpc) is 2.90. The average molecular weight is 349 g/mol. The first kappa shape index (κ1) is 18.3. The van der Waals surface area contributed by atoms with Crippen LogP contribution in [0.25, 0.3) is 11.0 Å². The number of benzene rings is 1. The highest BCUT2D eigenvalue weighted by molar-refractivity contribution is 7.99. The number of carboxylic acids is 1. The predicted molar refractivity (Wildman–Crippen MR) is 95.2 cm³/mol. The Bertz CT molecular complexity index is 699. The number of carbonyl (C=O) groups is 2. The number of carbonyl (C=O) groups excluding carboxylic acids is 1. The SMILES string of the molecule is CCCCC(=O)NCCCSc1nc2ccccc2n1CC(=O)O. The fraction of sp³-hybridized carbons (Fsp3) is 0.471. The van der Waals surface area contributed by atoms with Crippen LogP contribution >= 0.6 is 11.8 Å². The minimum atomic E-state index is -0.886. The van der Waals surface area contributed by atoms with Crippen LogP contribution in [0.5, 0.6) is 0 Å². The summed E-state index contributed by atoms with van der Waals surface area (Å²) in [6, 6.07) is 7.53. The number of nitrogens with one attached hydrogen (secondary N) is 1. The van der Waals surface area contributed by atoms with Gasteiger partial charge in [-0.1, -0.05) is 37.2 Å². The Hall–Kier alpha value is -2.02. The zero-order valence-electron chi connectivity index (χ0n) is 13.8. The molecule has 0 aliphatic heterocycles. The number of nitrogens with zero attached hydrogens (tertiary/aromatic N) is 2. The molecule has 0 bridgehead atoms. The number of thioether (sulfide) groups is 1. The Labute approximate surface area is 145 Å². The first-order valence-corrected chi connectivity index (χ1v) is 9.17. The summed E-state index contributed by atoms with van der Waals surface area (Å²) < 4.78 is 1.72. The molecule has 2 rings (SSSR count). The molecule has 2 aromatic rings. The summed E-state index contributed by atoms with van der Waals surface area (Å²) in [4.78, 5) is 27.1. The van der Waals surface area contributed by atoms with Crippen molar-refractivity contribution in [3.8, 4) is 0 Å². The molecule has 2 N–H and O–H groups in total. The van der Waals surface area contributed by atoms with Gasteiger partial charge in [0.1, 0.15) is 6.54 Å². The van der Waals surface area contributed by atoms with E-state index >= 15 is 0 Å². The number of unbranched alkanes of at least 4 members (excludes halogenated alkanes) is 1. The minimum absolute atomic E-state index is 0.0972. The lowest BCUT2D eigenvalue weighted by atomic mass is 10.2. The Morgan fingerprint density at radius 2 is 2.08 bits per heavy atom. The molecule has 1 heterocycles. The normalized spacial score (nSPS) is 10.9. The molecule has 0 unspecified atom stereocenters. The standard InChI is InChI=1S/C17H23N3O3S/c1-2-3-9-15(21)18-10-6-11-24-17-19-13-7-4-5-8-14(13)20(17)12-16(22)23/h4-5,7-8H,2-3,6,9-12H2,1H3,(H,18,21)(H,22,23). The fourth-order valence-corrected chi connectivity index (χ4v) is 3.29. The van der Waals surface area contributed by atoms with E-state index in [-0.39, 0.29) is 12.5 Å². The van der Waals surface area contributed by atoms with Crippen LogP contribution in [0.1, 0.15) is 32.6 Å². The van der Waals surface area contributed by atoms with Crippen LogP contribution < -0.4 is 5.32 Å². The molecule has 1 amide bonds. The lowest BCUT2D eigenvalue weighted by Crippen LogP contribution is -2.24. The van der Waals surface area contributed by atoms with E-state index in [1.54, 1.807) is 4.57 Å². The largest absolute Gasteiger partial charge is 0.480 e. The molecule has 7 heteroatoms. The molecule has 0 saturated heterocycles. The molecule has 1 aromatic heterocycles. The number of rotatable bonds is 10. The Balaban J connectivity index is 1.88. The van der Waals surface area contributed by atoms with Gasteiger partial charge < -0.3 is 15.0 Å². The van der Waals surface area contributed by atoms with Gasteiger partial charge in [0, 0.05) is 18.7 Å². The number of para-hydroxylation sites is 2. The van der Waals surface area contributed by atoms with Crippen molar-refractivity contribution < 1.29 is 14.7 Å². The van der Waals surface area contributed by atoms with Gasteiger partial charge >= 0.3 is 5.97 Å². The van der Waals surface area contributed by atoms with Crippen LogP contribution in [0.4, 0.5) is 0 Å². The number of aromatic nitrogens is 2. The first-order valence-electron chi connectivity index (χ1n) is 8.18. The molecule has 0 aliphatic rings. The molecule has 130 valence electrons. The van der Waals surface area contributed by atoms with Gasteiger partial charge in [0.05, 0.1) is 11.0 Å². The van der Waals surface area contributed by atoms with Crippen molar-refractivity contribution in [2.24, 2.45) is 0 Å². The van der Waals surface area contributed by atoms with Crippen LogP contribution in [-0.4, -0.2) is 38.8 Å². The lowest BCUT2D eigenvalue weighted by molar-refractivity contribution is -0.137. The topological polar surface area (TPSA) is 84.2 Å². The molecular formula is C17H23N3O3S. The highest BCUT2D eigenvalue weighted by atomic mass is 32.2. The molecule has 0 aliphatic carbocycles. The first-order chi connectivity index (χ1) is 11.6. The molecule has 24 heavy (non-hydrogen) atoms. The van der Waals surface area contributed by atoms with Crippen molar-refractivity contribution >= 4 is 34.7 Å². The third-order valence-corrected chi connectivity index (χ3v) is 4.61. The third kappa shape index (κ3) is 5.26. The molecule has 0 saturated carbocycles. The number of hydrogen-bond donors (Lipinski definition) is 2. The summed E-state index contributed by atoms with van der Waals surface area (Å²) in [7, 11) is 0. The van der Waals surface area contributed by atoms with Crippen LogP contribution in [-0.2, 0) is 16.1 Å². The molecular weight excluding hydrogens is 326 g/mol. The third-order valence-electron chi connectivity index (χ3n) is 3.54. The monoisotopic (exact) mass is 349 g/mol.